The quantitative estimate of drug-likeness (QED) is 0.749. The summed E-state index contributed by atoms with van der Waals surface area (Å²) in [6.07, 6.45) is 1.58. The summed E-state index contributed by atoms with van der Waals surface area (Å²) in [5.41, 5.74) is 8.65. The predicted octanol–water partition coefficient (Wildman–Crippen LogP) is 3.99. The molecular formula is C22H22FN3O. The summed E-state index contributed by atoms with van der Waals surface area (Å²) in [5, 5.41) is 0.670. The van der Waals surface area contributed by atoms with Crippen LogP contribution in [0.2, 0.25) is 0 Å². The van der Waals surface area contributed by atoms with Gasteiger partial charge in [-0.15, -0.1) is 0 Å². The van der Waals surface area contributed by atoms with E-state index in [9.17, 15) is 9.18 Å². The lowest BCUT2D eigenvalue weighted by atomic mass is 9.96. The fraction of sp³-hybridized carbons (Fsp3) is 0.273. The summed E-state index contributed by atoms with van der Waals surface area (Å²) < 4.78 is 13.8. The number of benzene rings is 2. The van der Waals surface area contributed by atoms with E-state index in [-0.39, 0.29) is 23.8 Å². The van der Waals surface area contributed by atoms with Crippen molar-refractivity contribution in [3.8, 4) is 11.3 Å². The maximum Gasteiger partial charge on any atom is 0.254 e. The van der Waals surface area contributed by atoms with Gasteiger partial charge in [-0.3, -0.25) is 4.79 Å². The van der Waals surface area contributed by atoms with Crippen LogP contribution in [-0.4, -0.2) is 34.4 Å². The second-order valence-electron chi connectivity index (χ2n) is 7.21. The molecule has 5 heteroatoms. The topological polar surface area (TPSA) is 59.2 Å². The van der Waals surface area contributed by atoms with Crippen LogP contribution in [0.25, 0.3) is 22.2 Å². The Hall–Kier alpha value is -2.79. The fourth-order valence-corrected chi connectivity index (χ4v) is 3.80. The number of hydrogen-bond donors (Lipinski definition) is 1. The van der Waals surface area contributed by atoms with Gasteiger partial charge in [-0.1, -0.05) is 30.3 Å². The molecule has 1 fully saturated rings. The summed E-state index contributed by atoms with van der Waals surface area (Å²) in [7, 11) is 0. The normalized spacial score (nSPS) is 20.0. The number of fused-ring (bicyclic) bond motifs is 1. The van der Waals surface area contributed by atoms with Crippen LogP contribution >= 0.6 is 0 Å². The third-order valence-electron chi connectivity index (χ3n) is 5.25. The average Bonchev–Trinajstić information content (AvgIpc) is 2.67. The molecule has 1 saturated heterocycles. The van der Waals surface area contributed by atoms with Crippen LogP contribution in [0.3, 0.4) is 0 Å². The van der Waals surface area contributed by atoms with Gasteiger partial charge in [0.15, 0.2) is 0 Å². The Morgan fingerprint density at radius 3 is 2.70 bits per heavy atom. The lowest BCUT2D eigenvalue weighted by Gasteiger charge is -2.36. The van der Waals surface area contributed by atoms with E-state index in [1.807, 2.05) is 48.2 Å². The highest BCUT2D eigenvalue weighted by Crippen LogP contribution is 2.28. The molecule has 2 atom stereocenters. The second-order valence-corrected chi connectivity index (χ2v) is 7.21. The molecule has 2 heterocycles. The number of piperidine rings is 1. The molecule has 4 rings (SSSR count). The zero-order chi connectivity index (χ0) is 19.0. The molecule has 1 aromatic heterocycles. The number of pyridine rings is 1. The van der Waals surface area contributed by atoms with E-state index in [0.29, 0.717) is 28.7 Å². The number of amides is 1. The number of hydrogen-bond acceptors (Lipinski definition) is 3. The van der Waals surface area contributed by atoms with Crippen molar-refractivity contribution in [3.63, 3.8) is 0 Å². The van der Waals surface area contributed by atoms with Crippen LogP contribution in [0, 0.1) is 5.82 Å². The van der Waals surface area contributed by atoms with E-state index >= 15 is 0 Å². The Balaban J connectivity index is 1.84. The summed E-state index contributed by atoms with van der Waals surface area (Å²) in [6, 6.07) is 16.1. The van der Waals surface area contributed by atoms with E-state index < -0.39 is 0 Å². The molecule has 2 aromatic carbocycles. The van der Waals surface area contributed by atoms with Crippen molar-refractivity contribution in [2.45, 2.75) is 31.8 Å². The van der Waals surface area contributed by atoms with Crippen molar-refractivity contribution in [1.82, 2.24) is 9.88 Å². The van der Waals surface area contributed by atoms with E-state index in [0.717, 1.165) is 18.4 Å². The van der Waals surface area contributed by atoms with E-state index in [1.165, 1.54) is 12.1 Å². The Labute approximate surface area is 157 Å². The van der Waals surface area contributed by atoms with Crippen molar-refractivity contribution < 1.29 is 9.18 Å². The van der Waals surface area contributed by atoms with Crippen LogP contribution in [0.4, 0.5) is 4.39 Å². The molecule has 0 spiro atoms. The minimum Gasteiger partial charge on any atom is -0.336 e. The molecule has 3 aromatic rings. The Morgan fingerprint density at radius 2 is 1.96 bits per heavy atom. The predicted molar refractivity (Wildman–Crippen MR) is 105 cm³/mol. The maximum absolute atomic E-state index is 13.8. The van der Waals surface area contributed by atoms with Crippen molar-refractivity contribution in [1.29, 1.82) is 0 Å². The summed E-state index contributed by atoms with van der Waals surface area (Å²) in [4.78, 5) is 19.8. The summed E-state index contributed by atoms with van der Waals surface area (Å²) >= 11 is 0. The minimum atomic E-state index is -0.365. The Bertz CT molecular complexity index is 990. The molecule has 2 N–H and O–H groups in total. The molecule has 0 bridgehead atoms. The van der Waals surface area contributed by atoms with Crippen molar-refractivity contribution in [2.24, 2.45) is 5.73 Å². The van der Waals surface area contributed by atoms with Gasteiger partial charge in [0.05, 0.1) is 16.8 Å². The number of carbonyl (C=O) groups excluding carboxylic acids is 1. The first kappa shape index (κ1) is 17.6. The van der Waals surface area contributed by atoms with E-state index in [1.54, 1.807) is 6.07 Å². The van der Waals surface area contributed by atoms with Crippen LogP contribution < -0.4 is 5.73 Å². The number of halogens is 1. The zero-order valence-corrected chi connectivity index (χ0v) is 15.2. The van der Waals surface area contributed by atoms with Crippen LogP contribution in [-0.2, 0) is 0 Å². The van der Waals surface area contributed by atoms with Crippen LogP contribution in [0.5, 0.6) is 0 Å². The largest absolute Gasteiger partial charge is 0.336 e. The molecule has 138 valence electrons. The third kappa shape index (κ3) is 3.43. The average molecular weight is 363 g/mol. The van der Waals surface area contributed by atoms with Crippen molar-refractivity contribution in [2.75, 3.05) is 6.54 Å². The first-order valence-corrected chi connectivity index (χ1v) is 9.25. The molecule has 1 aliphatic rings. The molecule has 1 aliphatic heterocycles. The van der Waals surface area contributed by atoms with Gasteiger partial charge in [-0.25, -0.2) is 9.37 Å². The molecule has 0 aliphatic carbocycles. The third-order valence-corrected chi connectivity index (χ3v) is 5.25. The van der Waals surface area contributed by atoms with Gasteiger partial charge in [-0.05, 0) is 38.0 Å². The molecular weight excluding hydrogens is 341 g/mol. The number of carbonyl (C=O) groups is 1. The number of nitrogens with zero attached hydrogens (tertiary/aromatic N) is 2. The zero-order valence-electron chi connectivity index (χ0n) is 15.2. The molecule has 4 nitrogen and oxygen atoms in total. The van der Waals surface area contributed by atoms with Gasteiger partial charge in [0.2, 0.25) is 0 Å². The number of rotatable bonds is 2. The van der Waals surface area contributed by atoms with Gasteiger partial charge in [0.1, 0.15) is 5.82 Å². The highest BCUT2D eigenvalue weighted by Gasteiger charge is 2.29. The molecule has 0 saturated carbocycles. The van der Waals surface area contributed by atoms with Crippen LogP contribution in [0.15, 0.2) is 54.6 Å². The highest BCUT2D eigenvalue weighted by atomic mass is 19.1. The first-order chi connectivity index (χ1) is 13.0. The summed E-state index contributed by atoms with van der Waals surface area (Å²) in [6.45, 7) is 2.66. The van der Waals surface area contributed by atoms with E-state index in [2.05, 4.69) is 4.98 Å². The van der Waals surface area contributed by atoms with Crippen molar-refractivity contribution >= 4 is 16.8 Å². The number of likely N-dealkylation sites (tertiary alicyclic amines) is 1. The van der Waals surface area contributed by atoms with Gasteiger partial charge in [0, 0.05) is 35.6 Å². The highest BCUT2D eigenvalue weighted by molar-refractivity contribution is 6.07. The number of aromatic nitrogens is 1. The maximum atomic E-state index is 13.8. The standard InChI is InChI=1S/C22H22FN3O/c1-14-11-17(24)9-10-26(14)22(27)19-13-20(15-5-3-2-4-6-15)25-21-12-16(23)7-8-18(19)21/h2-8,12-14,17H,9-11,24H2,1H3/t14-,17+/m1/s1. The molecule has 0 unspecified atom stereocenters. The lowest BCUT2D eigenvalue weighted by Crippen LogP contribution is -2.48. The molecule has 1 amide bonds. The Morgan fingerprint density at radius 1 is 1.19 bits per heavy atom. The summed E-state index contributed by atoms with van der Waals surface area (Å²) in [5.74, 6) is -0.415. The van der Waals surface area contributed by atoms with Gasteiger partial charge in [0.25, 0.3) is 5.91 Å². The van der Waals surface area contributed by atoms with Gasteiger partial charge >= 0.3 is 0 Å². The minimum absolute atomic E-state index is 0.0504. The van der Waals surface area contributed by atoms with Crippen LogP contribution in [0.1, 0.15) is 30.1 Å². The second kappa shape index (κ2) is 7.08. The molecule has 0 radical (unpaired) electrons. The SMILES string of the molecule is C[C@@H]1C[C@@H](N)CCN1C(=O)c1cc(-c2ccccc2)nc2cc(F)ccc12. The monoisotopic (exact) mass is 363 g/mol. The molecule has 27 heavy (non-hydrogen) atoms. The van der Waals surface area contributed by atoms with Gasteiger partial charge in [-0.2, -0.15) is 0 Å². The van der Waals surface area contributed by atoms with E-state index in [4.69, 9.17) is 5.73 Å². The first-order valence-electron chi connectivity index (χ1n) is 9.25. The van der Waals surface area contributed by atoms with Crippen molar-refractivity contribution in [3.05, 3.63) is 66.0 Å². The fourth-order valence-electron chi connectivity index (χ4n) is 3.80. The lowest BCUT2D eigenvalue weighted by molar-refractivity contribution is 0.0621. The number of nitrogens with two attached hydrogens (primary N) is 1. The smallest absolute Gasteiger partial charge is 0.254 e. The van der Waals surface area contributed by atoms with Gasteiger partial charge < -0.3 is 10.6 Å². The Kier molecular flexibility index (Phi) is 4.62.